The lowest BCUT2D eigenvalue weighted by atomic mass is 10.2. The number of hydrogen-bond acceptors (Lipinski definition) is 4. The van der Waals surface area contributed by atoms with Gasteiger partial charge in [-0.2, -0.15) is 0 Å². The summed E-state index contributed by atoms with van der Waals surface area (Å²) in [5, 5.41) is 4.63. The molecule has 4 nitrogen and oxygen atoms in total. The first-order chi connectivity index (χ1) is 13.2. The Hall–Kier alpha value is -1.17. The number of benzene rings is 2. The van der Waals surface area contributed by atoms with E-state index in [0.717, 1.165) is 37.1 Å². The maximum absolute atomic E-state index is 6.49. The molecule has 0 aromatic heterocycles. The molecule has 0 saturated carbocycles. The van der Waals surface area contributed by atoms with Gasteiger partial charge in [-0.05, 0) is 43.5 Å². The fraction of sp³-hybridized carbons (Fsp3) is 0.429. The van der Waals surface area contributed by atoms with Crippen LogP contribution in [0.3, 0.4) is 0 Å². The van der Waals surface area contributed by atoms with E-state index in [-0.39, 0.29) is 12.4 Å². The highest BCUT2D eigenvalue weighted by Crippen LogP contribution is 2.37. The van der Waals surface area contributed by atoms with Crippen LogP contribution in [0.2, 0.25) is 10.0 Å². The van der Waals surface area contributed by atoms with Crippen LogP contribution in [0.1, 0.15) is 30.9 Å². The van der Waals surface area contributed by atoms with E-state index in [1.54, 1.807) is 0 Å². The zero-order valence-electron chi connectivity index (χ0n) is 15.9. The number of halogens is 3. The van der Waals surface area contributed by atoms with Crippen LogP contribution >= 0.6 is 35.6 Å². The summed E-state index contributed by atoms with van der Waals surface area (Å²) in [7, 11) is 0. The molecule has 28 heavy (non-hydrogen) atoms. The lowest BCUT2D eigenvalue weighted by Crippen LogP contribution is -2.25. The van der Waals surface area contributed by atoms with Crippen LogP contribution < -0.4 is 14.8 Å². The number of nitrogens with one attached hydrogen (secondary N) is 1. The van der Waals surface area contributed by atoms with Gasteiger partial charge in [0, 0.05) is 30.3 Å². The van der Waals surface area contributed by atoms with Crippen molar-refractivity contribution >= 4 is 35.6 Å². The van der Waals surface area contributed by atoms with Crippen molar-refractivity contribution in [1.29, 1.82) is 0 Å². The molecule has 1 fully saturated rings. The van der Waals surface area contributed by atoms with Crippen molar-refractivity contribution in [3.63, 3.8) is 0 Å². The maximum Gasteiger partial charge on any atom is 0.180 e. The molecule has 1 unspecified atom stereocenters. The second-order valence-corrected chi connectivity index (χ2v) is 7.30. The van der Waals surface area contributed by atoms with E-state index < -0.39 is 0 Å². The van der Waals surface area contributed by atoms with Crippen LogP contribution in [-0.2, 0) is 17.9 Å². The predicted octanol–water partition coefficient (Wildman–Crippen LogP) is 5.66. The maximum atomic E-state index is 6.49. The Kier molecular flexibility index (Phi) is 9.69. The topological polar surface area (TPSA) is 39.7 Å². The van der Waals surface area contributed by atoms with Crippen LogP contribution in [0.25, 0.3) is 0 Å². The minimum Gasteiger partial charge on any atom is -0.490 e. The van der Waals surface area contributed by atoms with Crippen molar-refractivity contribution in [1.82, 2.24) is 5.32 Å². The van der Waals surface area contributed by atoms with E-state index in [9.17, 15) is 0 Å². The summed E-state index contributed by atoms with van der Waals surface area (Å²) in [6, 6.07) is 11.5. The van der Waals surface area contributed by atoms with Crippen LogP contribution in [0, 0.1) is 0 Å². The standard InChI is InChI=1S/C21H25Cl2NO3.ClH/c1-2-25-20-11-15(12-24-13-17-7-5-9-26-17)10-19(23)21(20)27-14-16-6-3-4-8-18(16)22;/h3-4,6,8,10-11,17,24H,2,5,7,9,12-14H2,1H3;1H. The predicted molar refractivity (Wildman–Crippen MR) is 116 cm³/mol. The Labute approximate surface area is 182 Å². The van der Waals surface area contributed by atoms with Crippen LogP contribution in [0.4, 0.5) is 0 Å². The third-order valence-corrected chi connectivity index (χ3v) is 5.07. The van der Waals surface area contributed by atoms with Crippen LogP contribution in [-0.4, -0.2) is 25.9 Å². The molecule has 3 rings (SSSR count). The van der Waals surface area contributed by atoms with Crippen molar-refractivity contribution < 1.29 is 14.2 Å². The quantitative estimate of drug-likeness (QED) is 0.539. The molecule has 1 saturated heterocycles. The highest BCUT2D eigenvalue weighted by atomic mass is 35.5. The molecule has 1 atom stereocenters. The van der Waals surface area contributed by atoms with Gasteiger partial charge in [-0.25, -0.2) is 0 Å². The normalized spacial score (nSPS) is 15.9. The third kappa shape index (κ3) is 6.43. The molecule has 1 aliphatic heterocycles. The first-order valence-electron chi connectivity index (χ1n) is 9.31. The molecule has 7 heteroatoms. The van der Waals surface area contributed by atoms with E-state index in [2.05, 4.69) is 5.32 Å². The number of ether oxygens (including phenoxy) is 3. The van der Waals surface area contributed by atoms with Crippen LogP contribution in [0.5, 0.6) is 11.5 Å². The molecule has 154 valence electrons. The van der Waals surface area contributed by atoms with Crippen molar-refractivity contribution in [2.75, 3.05) is 19.8 Å². The average molecular weight is 447 g/mol. The van der Waals surface area contributed by atoms with Gasteiger partial charge in [0.25, 0.3) is 0 Å². The molecule has 0 bridgehead atoms. The number of hydrogen-bond donors (Lipinski definition) is 1. The summed E-state index contributed by atoms with van der Waals surface area (Å²) in [6.45, 7) is 5.21. The molecule has 0 radical (unpaired) electrons. The average Bonchev–Trinajstić information content (AvgIpc) is 3.16. The Morgan fingerprint density at radius 2 is 1.96 bits per heavy atom. The lowest BCUT2D eigenvalue weighted by Gasteiger charge is -2.16. The first kappa shape index (κ1) is 23.1. The zero-order valence-corrected chi connectivity index (χ0v) is 18.2. The Morgan fingerprint density at radius 3 is 2.68 bits per heavy atom. The molecule has 1 aliphatic rings. The molecule has 0 aliphatic carbocycles. The Balaban J connectivity index is 0.00000280. The van der Waals surface area contributed by atoms with Gasteiger partial charge in [-0.1, -0.05) is 41.4 Å². The molecule has 0 amide bonds. The summed E-state index contributed by atoms with van der Waals surface area (Å²) in [4.78, 5) is 0. The molecule has 2 aromatic rings. The summed E-state index contributed by atoms with van der Waals surface area (Å²) < 4.78 is 17.3. The molecule has 2 aromatic carbocycles. The Morgan fingerprint density at radius 1 is 1.14 bits per heavy atom. The Bertz CT molecular complexity index is 752. The summed E-state index contributed by atoms with van der Waals surface area (Å²) >= 11 is 12.7. The summed E-state index contributed by atoms with van der Waals surface area (Å²) in [5.74, 6) is 1.19. The minimum absolute atomic E-state index is 0. The fourth-order valence-electron chi connectivity index (χ4n) is 3.07. The molecular weight excluding hydrogens is 421 g/mol. The van der Waals surface area contributed by atoms with Crippen LogP contribution in [0.15, 0.2) is 36.4 Å². The molecule has 1 N–H and O–H groups in total. The lowest BCUT2D eigenvalue weighted by molar-refractivity contribution is 0.110. The van der Waals surface area contributed by atoms with Gasteiger partial charge in [0.05, 0.1) is 17.7 Å². The SMILES string of the molecule is CCOc1cc(CNCC2CCCO2)cc(Cl)c1OCc1ccccc1Cl.Cl. The minimum atomic E-state index is 0. The second-order valence-electron chi connectivity index (χ2n) is 6.48. The summed E-state index contributed by atoms with van der Waals surface area (Å²) in [5.41, 5.74) is 1.95. The van der Waals surface area contributed by atoms with Crippen molar-refractivity contribution in [3.8, 4) is 11.5 Å². The van der Waals surface area contributed by atoms with Gasteiger partial charge in [0.2, 0.25) is 0 Å². The van der Waals surface area contributed by atoms with Gasteiger partial charge in [-0.15, -0.1) is 12.4 Å². The largest absolute Gasteiger partial charge is 0.490 e. The van der Waals surface area contributed by atoms with E-state index >= 15 is 0 Å². The molecular formula is C21H26Cl3NO3. The molecule has 0 spiro atoms. The monoisotopic (exact) mass is 445 g/mol. The van der Waals surface area contributed by atoms with Gasteiger partial charge in [0.1, 0.15) is 6.61 Å². The van der Waals surface area contributed by atoms with E-state index in [1.807, 2.05) is 43.3 Å². The van der Waals surface area contributed by atoms with Gasteiger partial charge in [-0.3, -0.25) is 0 Å². The van der Waals surface area contributed by atoms with Gasteiger partial charge >= 0.3 is 0 Å². The van der Waals surface area contributed by atoms with E-state index in [0.29, 0.717) is 47.4 Å². The zero-order chi connectivity index (χ0) is 19.1. The number of rotatable bonds is 9. The second kappa shape index (κ2) is 11.7. The van der Waals surface area contributed by atoms with Crippen molar-refractivity contribution in [2.45, 2.75) is 39.0 Å². The van der Waals surface area contributed by atoms with Gasteiger partial charge in [0.15, 0.2) is 11.5 Å². The van der Waals surface area contributed by atoms with Crippen molar-refractivity contribution in [3.05, 3.63) is 57.6 Å². The molecule has 1 heterocycles. The van der Waals surface area contributed by atoms with E-state index in [1.165, 1.54) is 0 Å². The third-order valence-electron chi connectivity index (χ3n) is 4.42. The van der Waals surface area contributed by atoms with Crippen molar-refractivity contribution in [2.24, 2.45) is 0 Å². The smallest absolute Gasteiger partial charge is 0.180 e. The fourth-order valence-corrected chi connectivity index (χ4v) is 3.55. The first-order valence-corrected chi connectivity index (χ1v) is 10.1. The van der Waals surface area contributed by atoms with E-state index in [4.69, 9.17) is 37.4 Å². The van der Waals surface area contributed by atoms with Gasteiger partial charge < -0.3 is 19.5 Å². The summed E-state index contributed by atoms with van der Waals surface area (Å²) in [6.07, 6.45) is 2.57. The highest BCUT2D eigenvalue weighted by Gasteiger charge is 2.16. The highest BCUT2D eigenvalue weighted by molar-refractivity contribution is 6.32.